The molecule has 0 bridgehead atoms. The molecule has 154 valence electrons. The highest BCUT2D eigenvalue weighted by Crippen LogP contribution is 2.34. The molecule has 0 saturated carbocycles. The van der Waals surface area contributed by atoms with Crippen LogP contribution in [0.4, 0.5) is 5.69 Å². The van der Waals surface area contributed by atoms with E-state index in [2.05, 4.69) is 9.82 Å². The van der Waals surface area contributed by atoms with E-state index in [1.165, 1.54) is 0 Å². The van der Waals surface area contributed by atoms with E-state index in [0.29, 0.717) is 18.5 Å². The molecule has 1 unspecified atom stereocenters. The van der Waals surface area contributed by atoms with Gasteiger partial charge in [0.2, 0.25) is 15.9 Å². The van der Waals surface area contributed by atoms with Crippen LogP contribution in [0, 0.1) is 0 Å². The van der Waals surface area contributed by atoms with Gasteiger partial charge in [0.1, 0.15) is 5.75 Å². The number of hydrazone groups is 1. The zero-order valence-corrected chi connectivity index (χ0v) is 17.6. The van der Waals surface area contributed by atoms with Crippen LogP contribution in [-0.4, -0.2) is 38.4 Å². The Balaban J connectivity index is 1.92. The van der Waals surface area contributed by atoms with E-state index < -0.39 is 10.0 Å². The number of carbonyl (C=O) groups excluding carboxylic acids is 1. The highest BCUT2D eigenvalue weighted by Gasteiger charge is 2.32. The van der Waals surface area contributed by atoms with Gasteiger partial charge in [-0.1, -0.05) is 31.2 Å². The molecule has 3 rings (SSSR count). The first-order valence-corrected chi connectivity index (χ1v) is 11.3. The zero-order valence-electron chi connectivity index (χ0n) is 16.8. The molecule has 0 spiro atoms. The number of nitrogens with zero attached hydrogens (tertiary/aromatic N) is 2. The number of ether oxygens (including phenoxy) is 1. The van der Waals surface area contributed by atoms with Crippen molar-refractivity contribution in [3.8, 4) is 5.75 Å². The maximum absolute atomic E-state index is 12.7. The van der Waals surface area contributed by atoms with Gasteiger partial charge in [-0.25, -0.2) is 13.4 Å². The van der Waals surface area contributed by atoms with Gasteiger partial charge in [-0.05, 0) is 41.8 Å². The molecule has 1 aliphatic heterocycles. The van der Waals surface area contributed by atoms with Crippen LogP contribution in [0.25, 0.3) is 0 Å². The minimum absolute atomic E-state index is 0.0336. The highest BCUT2D eigenvalue weighted by molar-refractivity contribution is 7.92. The average molecular weight is 416 g/mol. The fourth-order valence-electron chi connectivity index (χ4n) is 3.31. The Kier molecular flexibility index (Phi) is 6.22. The number of anilines is 1. The maximum Gasteiger partial charge on any atom is 0.243 e. The lowest BCUT2D eigenvalue weighted by Crippen LogP contribution is -2.26. The van der Waals surface area contributed by atoms with Crippen LogP contribution in [0.5, 0.6) is 5.75 Å². The molecule has 1 atom stereocenters. The number of benzene rings is 2. The van der Waals surface area contributed by atoms with Crippen molar-refractivity contribution in [2.75, 3.05) is 18.1 Å². The van der Waals surface area contributed by atoms with Crippen molar-refractivity contribution in [1.82, 2.24) is 5.01 Å². The molecule has 0 saturated heterocycles. The zero-order chi connectivity index (χ0) is 21.0. The number of hydrogen-bond donors (Lipinski definition) is 1. The molecular weight excluding hydrogens is 390 g/mol. The smallest absolute Gasteiger partial charge is 0.243 e. The maximum atomic E-state index is 12.7. The topological polar surface area (TPSA) is 88.1 Å². The predicted octanol–water partition coefficient (Wildman–Crippen LogP) is 3.54. The number of hydrogen-bond acceptors (Lipinski definition) is 5. The summed E-state index contributed by atoms with van der Waals surface area (Å²) < 4.78 is 30.8. The summed E-state index contributed by atoms with van der Waals surface area (Å²) in [5.74, 6) is 0.715. The molecule has 1 N–H and O–H groups in total. The fraction of sp³-hybridized carbons (Fsp3) is 0.333. The lowest BCUT2D eigenvalue weighted by atomic mass is 9.98. The Bertz CT molecular complexity index is 1020. The van der Waals surface area contributed by atoms with Gasteiger partial charge in [0.05, 0.1) is 25.1 Å². The first-order valence-electron chi connectivity index (χ1n) is 9.42. The number of rotatable bonds is 7. The van der Waals surface area contributed by atoms with Gasteiger partial charge < -0.3 is 4.74 Å². The van der Waals surface area contributed by atoms with E-state index in [9.17, 15) is 13.2 Å². The molecule has 0 aliphatic carbocycles. The monoisotopic (exact) mass is 415 g/mol. The molecule has 7 nitrogen and oxygen atoms in total. The Morgan fingerprint density at radius 3 is 2.59 bits per heavy atom. The van der Waals surface area contributed by atoms with Crippen LogP contribution in [0.15, 0.2) is 53.6 Å². The third kappa shape index (κ3) is 5.14. The largest absolute Gasteiger partial charge is 0.497 e. The van der Waals surface area contributed by atoms with Gasteiger partial charge in [-0.2, -0.15) is 5.10 Å². The molecule has 0 aromatic heterocycles. The molecule has 2 aromatic rings. The summed E-state index contributed by atoms with van der Waals surface area (Å²) in [5.41, 5.74) is 2.96. The van der Waals surface area contributed by atoms with E-state index in [4.69, 9.17) is 4.74 Å². The molecule has 1 aliphatic rings. The van der Waals surface area contributed by atoms with Gasteiger partial charge in [0.25, 0.3) is 0 Å². The summed E-state index contributed by atoms with van der Waals surface area (Å²) in [6.07, 6.45) is 2.81. The lowest BCUT2D eigenvalue weighted by molar-refractivity contribution is -0.133. The molecule has 1 heterocycles. The SMILES string of the molecule is CCCC(=O)N1N=C(c2cccc(NS(C)(=O)=O)c2)CC1c1ccc(OC)cc1. The van der Waals surface area contributed by atoms with Crippen molar-refractivity contribution in [2.24, 2.45) is 5.10 Å². The molecule has 0 radical (unpaired) electrons. The quantitative estimate of drug-likeness (QED) is 0.749. The first-order chi connectivity index (χ1) is 13.8. The molecule has 8 heteroatoms. The molecular formula is C21H25N3O4S. The highest BCUT2D eigenvalue weighted by atomic mass is 32.2. The summed E-state index contributed by atoms with van der Waals surface area (Å²) in [5, 5.41) is 6.16. The minimum atomic E-state index is -3.38. The van der Waals surface area contributed by atoms with Crippen molar-refractivity contribution in [1.29, 1.82) is 0 Å². The Morgan fingerprint density at radius 1 is 1.24 bits per heavy atom. The molecule has 2 aromatic carbocycles. The second-order valence-corrected chi connectivity index (χ2v) is 8.73. The molecule has 29 heavy (non-hydrogen) atoms. The van der Waals surface area contributed by atoms with E-state index in [-0.39, 0.29) is 11.9 Å². The number of amides is 1. The van der Waals surface area contributed by atoms with Crippen LogP contribution >= 0.6 is 0 Å². The second kappa shape index (κ2) is 8.65. The molecule has 0 fully saturated rings. The van der Waals surface area contributed by atoms with Crippen LogP contribution in [0.3, 0.4) is 0 Å². The number of sulfonamides is 1. The standard InChI is InChI=1S/C21H25N3O4S/c1-4-6-21(25)24-20(15-9-11-18(28-2)12-10-15)14-19(22-24)16-7-5-8-17(13-16)23-29(3,26)27/h5,7-13,20,23H,4,6,14H2,1-3H3. The summed E-state index contributed by atoms with van der Waals surface area (Å²) in [6.45, 7) is 1.96. The third-order valence-corrected chi connectivity index (χ3v) is 5.24. The first kappa shape index (κ1) is 20.9. The van der Waals surface area contributed by atoms with E-state index in [1.54, 1.807) is 30.3 Å². The van der Waals surface area contributed by atoms with Crippen molar-refractivity contribution < 1.29 is 17.9 Å². The van der Waals surface area contributed by atoms with Gasteiger partial charge in [0.15, 0.2) is 0 Å². The minimum Gasteiger partial charge on any atom is -0.497 e. The Hall–Kier alpha value is -2.87. The van der Waals surface area contributed by atoms with E-state index >= 15 is 0 Å². The van der Waals surface area contributed by atoms with Crippen LogP contribution in [0.2, 0.25) is 0 Å². The van der Waals surface area contributed by atoms with Crippen molar-refractivity contribution >= 4 is 27.3 Å². The van der Waals surface area contributed by atoms with Crippen molar-refractivity contribution in [3.05, 3.63) is 59.7 Å². The van der Waals surface area contributed by atoms with Crippen LogP contribution in [-0.2, 0) is 14.8 Å². The summed E-state index contributed by atoms with van der Waals surface area (Å²) >= 11 is 0. The summed E-state index contributed by atoms with van der Waals surface area (Å²) in [6, 6.07) is 14.5. The summed E-state index contributed by atoms with van der Waals surface area (Å²) in [7, 11) is -1.76. The fourth-order valence-corrected chi connectivity index (χ4v) is 3.86. The predicted molar refractivity (Wildman–Crippen MR) is 114 cm³/mol. The van der Waals surface area contributed by atoms with Crippen molar-refractivity contribution in [3.63, 3.8) is 0 Å². The van der Waals surface area contributed by atoms with Crippen molar-refractivity contribution in [2.45, 2.75) is 32.2 Å². The lowest BCUT2D eigenvalue weighted by Gasteiger charge is -2.22. The normalized spacial score (nSPS) is 16.4. The van der Waals surface area contributed by atoms with E-state index in [0.717, 1.165) is 35.3 Å². The average Bonchev–Trinajstić information content (AvgIpc) is 3.13. The van der Waals surface area contributed by atoms with Gasteiger partial charge in [-0.15, -0.1) is 0 Å². The molecule has 1 amide bonds. The third-order valence-electron chi connectivity index (χ3n) is 4.63. The van der Waals surface area contributed by atoms with Gasteiger partial charge >= 0.3 is 0 Å². The van der Waals surface area contributed by atoms with E-state index in [1.807, 2.05) is 37.3 Å². The van der Waals surface area contributed by atoms with Crippen LogP contribution < -0.4 is 9.46 Å². The Labute approximate surface area is 171 Å². The number of carbonyl (C=O) groups is 1. The van der Waals surface area contributed by atoms with Crippen LogP contribution in [0.1, 0.15) is 43.4 Å². The second-order valence-electron chi connectivity index (χ2n) is 6.98. The van der Waals surface area contributed by atoms with Gasteiger partial charge in [-0.3, -0.25) is 9.52 Å². The number of nitrogens with one attached hydrogen (secondary N) is 1. The summed E-state index contributed by atoms with van der Waals surface area (Å²) in [4.78, 5) is 12.7. The number of methoxy groups -OCH3 is 1. The Morgan fingerprint density at radius 2 is 1.97 bits per heavy atom. The van der Waals surface area contributed by atoms with Gasteiger partial charge in [0, 0.05) is 18.5 Å².